The van der Waals surface area contributed by atoms with E-state index in [0.717, 1.165) is 63.8 Å². The van der Waals surface area contributed by atoms with Gasteiger partial charge in [0.25, 0.3) is 0 Å². The molecule has 2 bridgehead atoms. The van der Waals surface area contributed by atoms with Crippen LogP contribution in [0.4, 0.5) is 0 Å². The molecular formula is C17H31NO2. The molecule has 0 aromatic rings. The molecule has 4 aliphatic rings. The van der Waals surface area contributed by atoms with Crippen LogP contribution in [0.2, 0.25) is 0 Å². The molecule has 1 aliphatic heterocycles. The van der Waals surface area contributed by atoms with Crippen molar-refractivity contribution in [2.45, 2.75) is 39.5 Å². The third-order valence-electron chi connectivity index (χ3n) is 6.29. The van der Waals surface area contributed by atoms with Crippen LogP contribution in [0.15, 0.2) is 0 Å². The summed E-state index contributed by atoms with van der Waals surface area (Å²) in [5, 5.41) is 0. The summed E-state index contributed by atoms with van der Waals surface area (Å²) in [5.41, 5.74) is 0.622. The third-order valence-corrected chi connectivity index (χ3v) is 6.29. The lowest BCUT2D eigenvalue weighted by atomic mass is 9.45. The molecule has 20 heavy (non-hydrogen) atoms. The van der Waals surface area contributed by atoms with Gasteiger partial charge in [-0.15, -0.1) is 0 Å². The molecule has 3 nitrogen and oxygen atoms in total. The summed E-state index contributed by atoms with van der Waals surface area (Å²) < 4.78 is 11.3. The molecule has 1 saturated heterocycles. The lowest BCUT2D eigenvalue weighted by Crippen LogP contribution is -2.52. The maximum Gasteiger partial charge on any atom is 0.0594 e. The Hall–Kier alpha value is -0.120. The van der Waals surface area contributed by atoms with Crippen molar-refractivity contribution in [3.05, 3.63) is 0 Å². The van der Waals surface area contributed by atoms with Gasteiger partial charge in [-0.1, -0.05) is 13.8 Å². The van der Waals surface area contributed by atoms with Crippen molar-refractivity contribution in [1.82, 2.24) is 4.90 Å². The quantitative estimate of drug-likeness (QED) is 0.699. The maximum atomic E-state index is 5.89. The Balaban J connectivity index is 1.28. The van der Waals surface area contributed by atoms with Crippen molar-refractivity contribution in [2.24, 2.45) is 23.2 Å². The molecule has 4 rings (SSSR count). The molecule has 3 saturated carbocycles. The highest BCUT2D eigenvalue weighted by Crippen LogP contribution is 2.61. The highest BCUT2D eigenvalue weighted by atomic mass is 16.5. The predicted molar refractivity (Wildman–Crippen MR) is 80.8 cm³/mol. The minimum Gasteiger partial charge on any atom is -0.380 e. The fraction of sp³-hybridized carbons (Fsp3) is 1.00. The van der Waals surface area contributed by atoms with Gasteiger partial charge in [-0.05, 0) is 48.9 Å². The Morgan fingerprint density at radius 2 is 1.95 bits per heavy atom. The smallest absolute Gasteiger partial charge is 0.0594 e. The van der Waals surface area contributed by atoms with Crippen LogP contribution >= 0.6 is 0 Å². The molecule has 1 heterocycles. The van der Waals surface area contributed by atoms with Crippen molar-refractivity contribution in [3.63, 3.8) is 0 Å². The summed E-state index contributed by atoms with van der Waals surface area (Å²) in [5.74, 6) is 2.92. The second-order valence-corrected chi connectivity index (χ2v) is 7.55. The molecule has 0 spiro atoms. The average molecular weight is 281 g/mol. The largest absolute Gasteiger partial charge is 0.380 e. The van der Waals surface area contributed by atoms with E-state index in [1.807, 2.05) is 0 Å². The molecular weight excluding hydrogens is 250 g/mol. The van der Waals surface area contributed by atoms with Gasteiger partial charge in [-0.25, -0.2) is 0 Å². The van der Waals surface area contributed by atoms with Crippen LogP contribution in [-0.4, -0.2) is 51.0 Å². The highest BCUT2D eigenvalue weighted by Gasteiger charge is 2.53. The lowest BCUT2D eigenvalue weighted by Gasteiger charge is -2.60. The minimum absolute atomic E-state index is 0.622. The van der Waals surface area contributed by atoms with Gasteiger partial charge in [-0.2, -0.15) is 0 Å². The van der Waals surface area contributed by atoms with Crippen LogP contribution in [0.1, 0.15) is 39.5 Å². The first-order valence-electron chi connectivity index (χ1n) is 8.56. The minimum atomic E-state index is 0.622. The van der Waals surface area contributed by atoms with E-state index in [2.05, 4.69) is 18.7 Å². The van der Waals surface area contributed by atoms with Crippen LogP contribution in [0, 0.1) is 23.2 Å². The van der Waals surface area contributed by atoms with Gasteiger partial charge in [0, 0.05) is 26.2 Å². The zero-order chi connectivity index (χ0) is 14.0. The van der Waals surface area contributed by atoms with E-state index in [1.165, 1.54) is 25.7 Å². The van der Waals surface area contributed by atoms with E-state index >= 15 is 0 Å². The lowest BCUT2D eigenvalue weighted by molar-refractivity contribution is -0.111. The molecule has 3 aliphatic carbocycles. The summed E-state index contributed by atoms with van der Waals surface area (Å²) >= 11 is 0. The van der Waals surface area contributed by atoms with Gasteiger partial charge in [0.05, 0.1) is 19.8 Å². The monoisotopic (exact) mass is 281 g/mol. The van der Waals surface area contributed by atoms with Gasteiger partial charge in [0.1, 0.15) is 0 Å². The maximum absolute atomic E-state index is 5.89. The molecule has 3 atom stereocenters. The number of ether oxygens (including phenoxy) is 2. The fourth-order valence-corrected chi connectivity index (χ4v) is 4.66. The van der Waals surface area contributed by atoms with Crippen LogP contribution in [0.25, 0.3) is 0 Å². The molecule has 0 aromatic heterocycles. The first-order chi connectivity index (χ1) is 9.68. The number of rotatable bonds is 6. The Morgan fingerprint density at radius 3 is 2.65 bits per heavy atom. The molecule has 3 heteroatoms. The van der Waals surface area contributed by atoms with Crippen LogP contribution < -0.4 is 0 Å². The number of hydrogen-bond acceptors (Lipinski definition) is 3. The van der Waals surface area contributed by atoms with Crippen molar-refractivity contribution in [1.29, 1.82) is 0 Å². The molecule has 4 fully saturated rings. The number of nitrogens with zero attached hydrogens (tertiary/aromatic N) is 1. The van der Waals surface area contributed by atoms with E-state index in [9.17, 15) is 0 Å². The Bertz CT molecular complexity index is 310. The molecule has 0 radical (unpaired) electrons. The fourth-order valence-electron chi connectivity index (χ4n) is 4.66. The van der Waals surface area contributed by atoms with E-state index in [-0.39, 0.29) is 0 Å². The number of fused-ring (bicyclic) bond motifs is 2. The number of morpholine rings is 1. The molecule has 3 unspecified atom stereocenters. The van der Waals surface area contributed by atoms with Gasteiger partial charge in [0.2, 0.25) is 0 Å². The van der Waals surface area contributed by atoms with E-state index in [1.54, 1.807) is 0 Å². The Morgan fingerprint density at radius 1 is 1.15 bits per heavy atom. The van der Waals surface area contributed by atoms with Crippen LogP contribution in [0.5, 0.6) is 0 Å². The third kappa shape index (κ3) is 3.05. The molecule has 0 amide bonds. The van der Waals surface area contributed by atoms with Crippen molar-refractivity contribution in [3.8, 4) is 0 Å². The molecule has 0 N–H and O–H groups in total. The van der Waals surface area contributed by atoms with Crippen LogP contribution in [-0.2, 0) is 9.47 Å². The van der Waals surface area contributed by atoms with Gasteiger partial charge < -0.3 is 9.47 Å². The summed E-state index contributed by atoms with van der Waals surface area (Å²) in [7, 11) is 0. The average Bonchev–Trinajstić information content (AvgIpc) is 2.48. The van der Waals surface area contributed by atoms with Gasteiger partial charge in [0.15, 0.2) is 0 Å². The van der Waals surface area contributed by atoms with E-state index in [4.69, 9.17) is 9.47 Å². The molecule has 116 valence electrons. The Kier molecular flexibility index (Phi) is 4.68. The standard InChI is InChI=1S/C17H31NO2/c1-17(2)15-4-3-14(16(17)13-15)5-9-19-10-6-18-7-11-20-12-8-18/h14-16H,3-13H2,1-2H3. The van der Waals surface area contributed by atoms with E-state index < -0.39 is 0 Å². The van der Waals surface area contributed by atoms with Crippen molar-refractivity contribution >= 4 is 0 Å². The molecule has 0 aromatic carbocycles. The Labute approximate surface area is 124 Å². The topological polar surface area (TPSA) is 21.7 Å². The SMILES string of the molecule is CC1(C)C2CCC(CCOCCN3CCOCC3)C1C2. The second-order valence-electron chi connectivity index (χ2n) is 7.55. The van der Waals surface area contributed by atoms with Crippen molar-refractivity contribution in [2.75, 3.05) is 46.1 Å². The summed E-state index contributed by atoms with van der Waals surface area (Å²) in [6, 6.07) is 0. The summed E-state index contributed by atoms with van der Waals surface area (Å²) in [6.07, 6.45) is 5.68. The normalized spacial score (nSPS) is 36.6. The second kappa shape index (κ2) is 6.33. The summed E-state index contributed by atoms with van der Waals surface area (Å²) in [6.45, 7) is 11.8. The highest BCUT2D eigenvalue weighted by molar-refractivity contribution is 5.03. The van der Waals surface area contributed by atoms with Crippen molar-refractivity contribution < 1.29 is 9.47 Å². The van der Waals surface area contributed by atoms with E-state index in [0.29, 0.717) is 5.41 Å². The zero-order valence-corrected chi connectivity index (χ0v) is 13.3. The van der Waals surface area contributed by atoms with Gasteiger partial charge >= 0.3 is 0 Å². The summed E-state index contributed by atoms with van der Waals surface area (Å²) in [4.78, 5) is 2.45. The van der Waals surface area contributed by atoms with Gasteiger partial charge in [-0.3, -0.25) is 4.90 Å². The first-order valence-corrected chi connectivity index (χ1v) is 8.56. The predicted octanol–water partition coefficient (Wildman–Crippen LogP) is 2.80. The number of hydrogen-bond donors (Lipinski definition) is 0. The first kappa shape index (κ1) is 14.8. The van der Waals surface area contributed by atoms with Crippen LogP contribution in [0.3, 0.4) is 0 Å². The zero-order valence-electron chi connectivity index (χ0n) is 13.3.